The van der Waals surface area contributed by atoms with E-state index in [0.29, 0.717) is 22.4 Å². The molecular weight excluding hydrogens is 376 g/mol. The van der Waals surface area contributed by atoms with Gasteiger partial charge in [0, 0.05) is 16.3 Å². The Hall–Kier alpha value is -3.31. The Morgan fingerprint density at radius 2 is 1.89 bits per heavy atom. The quantitative estimate of drug-likeness (QED) is 0.488. The van der Waals surface area contributed by atoms with E-state index in [9.17, 15) is 4.79 Å². The molecule has 4 aromatic rings. The maximum atomic E-state index is 12.3. The molecule has 0 spiro atoms. The summed E-state index contributed by atoms with van der Waals surface area (Å²) >= 11 is 5.84. The molecule has 1 heterocycles. The summed E-state index contributed by atoms with van der Waals surface area (Å²) in [5.41, 5.74) is 3.92. The predicted molar refractivity (Wildman–Crippen MR) is 110 cm³/mol. The molecule has 3 aromatic carbocycles. The smallest absolute Gasteiger partial charge is 0.262 e. The van der Waals surface area contributed by atoms with E-state index in [2.05, 4.69) is 10.3 Å². The number of ether oxygens (including phenoxy) is 1. The molecule has 1 aromatic heterocycles. The van der Waals surface area contributed by atoms with Crippen LogP contribution in [0, 0.1) is 6.92 Å². The zero-order valence-electron chi connectivity index (χ0n) is 15.1. The summed E-state index contributed by atoms with van der Waals surface area (Å²) in [5.74, 6) is 0.832. The van der Waals surface area contributed by atoms with Gasteiger partial charge in [0.05, 0.1) is 0 Å². The Balaban J connectivity index is 1.49. The summed E-state index contributed by atoms with van der Waals surface area (Å²) in [4.78, 5) is 16.8. The van der Waals surface area contributed by atoms with Crippen molar-refractivity contribution >= 4 is 34.3 Å². The predicted octanol–water partition coefficient (Wildman–Crippen LogP) is 5.47. The highest BCUT2D eigenvalue weighted by atomic mass is 35.5. The Labute approximate surface area is 166 Å². The number of benzene rings is 3. The molecule has 0 saturated heterocycles. The third-order valence-corrected chi connectivity index (χ3v) is 4.49. The van der Waals surface area contributed by atoms with E-state index in [4.69, 9.17) is 20.8 Å². The lowest BCUT2D eigenvalue weighted by Crippen LogP contribution is -2.20. The van der Waals surface area contributed by atoms with Crippen molar-refractivity contribution < 1.29 is 13.9 Å². The van der Waals surface area contributed by atoms with Crippen LogP contribution < -0.4 is 10.1 Å². The van der Waals surface area contributed by atoms with Crippen molar-refractivity contribution in [2.75, 3.05) is 11.9 Å². The number of nitrogens with zero attached hydrogens (tertiary/aromatic N) is 1. The van der Waals surface area contributed by atoms with Crippen LogP contribution in [0.15, 0.2) is 71.1 Å². The lowest BCUT2D eigenvalue weighted by atomic mass is 10.1. The van der Waals surface area contributed by atoms with Crippen molar-refractivity contribution in [3.63, 3.8) is 0 Å². The van der Waals surface area contributed by atoms with Crippen molar-refractivity contribution in [2.45, 2.75) is 6.92 Å². The molecule has 0 bridgehead atoms. The Bertz CT molecular complexity index is 1100. The third-order valence-electron chi connectivity index (χ3n) is 4.24. The number of oxazole rings is 1. The first kappa shape index (κ1) is 18.1. The van der Waals surface area contributed by atoms with Gasteiger partial charge in [0.1, 0.15) is 11.3 Å². The van der Waals surface area contributed by atoms with E-state index in [1.165, 1.54) is 0 Å². The SMILES string of the molecule is Cc1ccc(-c2nc3ccccc3o2)cc1NC(=O)COc1ccc(Cl)cc1. The van der Waals surface area contributed by atoms with E-state index >= 15 is 0 Å². The topological polar surface area (TPSA) is 64.4 Å². The maximum absolute atomic E-state index is 12.3. The number of aromatic nitrogens is 1. The molecule has 0 atom stereocenters. The molecule has 28 heavy (non-hydrogen) atoms. The second-order valence-corrected chi connectivity index (χ2v) is 6.74. The first-order chi connectivity index (χ1) is 13.6. The van der Waals surface area contributed by atoms with Crippen LogP contribution in [0.3, 0.4) is 0 Å². The maximum Gasteiger partial charge on any atom is 0.262 e. The van der Waals surface area contributed by atoms with Crippen LogP contribution >= 0.6 is 11.6 Å². The van der Waals surface area contributed by atoms with E-state index in [1.807, 2.05) is 49.4 Å². The van der Waals surface area contributed by atoms with Crippen LogP contribution in [-0.2, 0) is 4.79 Å². The fourth-order valence-corrected chi connectivity index (χ4v) is 2.88. The summed E-state index contributed by atoms with van der Waals surface area (Å²) in [7, 11) is 0. The van der Waals surface area contributed by atoms with Gasteiger partial charge >= 0.3 is 0 Å². The number of rotatable bonds is 5. The number of nitrogens with one attached hydrogen (secondary N) is 1. The zero-order chi connectivity index (χ0) is 19.5. The molecule has 0 fully saturated rings. The molecular formula is C22H17ClN2O3. The van der Waals surface area contributed by atoms with Gasteiger partial charge in [-0.1, -0.05) is 29.8 Å². The van der Waals surface area contributed by atoms with Gasteiger partial charge in [-0.2, -0.15) is 0 Å². The molecule has 1 N–H and O–H groups in total. The van der Waals surface area contributed by atoms with Gasteiger partial charge in [0.15, 0.2) is 12.2 Å². The Kier molecular flexibility index (Phi) is 5.00. The molecule has 0 aliphatic heterocycles. The summed E-state index contributed by atoms with van der Waals surface area (Å²) < 4.78 is 11.3. The largest absolute Gasteiger partial charge is 0.484 e. The van der Waals surface area contributed by atoms with Crippen LogP contribution in [0.4, 0.5) is 5.69 Å². The number of amides is 1. The molecule has 0 aliphatic carbocycles. The summed E-state index contributed by atoms with van der Waals surface area (Å²) in [6, 6.07) is 20.1. The number of anilines is 1. The van der Waals surface area contributed by atoms with Crippen molar-refractivity contribution in [1.82, 2.24) is 4.98 Å². The molecule has 140 valence electrons. The summed E-state index contributed by atoms with van der Waals surface area (Å²) in [6.07, 6.45) is 0. The van der Waals surface area contributed by atoms with Crippen molar-refractivity contribution in [3.05, 3.63) is 77.3 Å². The minimum absolute atomic E-state index is 0.103. The zero-order valence-corrected chi connectivity index (χ0v) is 15.9. The van der Waals surface area contributed by atoms with E-state index in [1.54, 1.807) is 24.3 Å². The van der Waals surface area contributed by atoms with Gasteiger partial charge < -0.3 is 14.5 Å². The number of hydrogen-bond donors (Lipinski definition) is 1. The van der Waals surface area contributed by atoms with Crippen LogP contribution in [0.5, 0.6) is 5.75 Å². The van der Waals surface area contributed by atoms with Crippen molar-refractivity contribution in [2.24, 2.45) is 0 Å². The fraction of sp³-hybridized carbons (Fsp3) is 0.0909. The van der Waals surface area contributed by atoms with Gasteiger partial charge in [0.2, 0.25) is 5.89 Å². The number of aryl methyl sites for hydroxylation is 1. The van der Waals surface area contributed by atoms with E-state index < -0.39 is 0 Å². The average molecular weight is 393 g/mol. The van der Waals surface area contributed by atoms with E-state index in [-0.39, 0.29) is 12.5 Å². The number of fused-ring (bicyclic) bond motifs is 1. The molecule has 5 nitrogen and oxygen atoms in total. The minimum Gasteiger partial charge on any atom is -0.484 e. The lowest BCUT2D eigenvalue weighted by molar-refractivity contribution is -0.118. The molecule has 1 amide bonds. The second kappa shape index (κ2) is 7.74. The van der Waals surface area contributed by atoms with Gasteiger partial charge in [-0.05, 0) is 61.0 Å². The molecule has 0 saturated carbocycles. The van der Waals surface area contributed by atoms with Gasteiger partial charge in [-0.3, -0.25) is 4.79 Å². The molecule has 0 radical (unpaired) electrons. The molecule has 0 unspecified atom stereocenters. The van der Waals surface area contributed by atoms with Crippen LogP contribution in [0.2, 0.25) is 5.02 Å². The highest BCUT2D eigenvalue weighted by Gasteiger charge is 2.12. The monoisotopic (exact) mass is 392 g/mol. The lowest BCUT2D eigenvalue weighted by Gasteiger charge is -2.10. The Morgan fingerprint density at radius 3 is 2.68 bits per heavy atom. The summed E-state index contributed by atoms with van der Waals surface area (Å²) in [6.45, 7) is 1.82. The third kappa shape index (κ3) is 4.00. The summed E-state index contributed by atoms with van der Waals surface area (Å²) in [5, 5.41) is 3.49. The first-order valence-electron chi connectivity index (χ1n) is 8.73. The fourth-order valence-electron chi connectivity index (χ4n) is 2.75. The van der Waals surface area contributed by atoms with E-state index in [0.717, 1.165) is 22.2 Å². The molecule has 0 aliphatic rings. The van der Waals surface area contributed by atoms with Gasteiger partial charge in [-0.25, -0.2) is 4.98 Å². The van der Waals surface area contributed by atoms with Gasteiger partial charge in [-0.15, -0.1) is 0 Å². The van der Waals surface area contributed by atoms with Crippen molar-refractivity contribution in [1.29, 1.82) is 0 Å². The van der Waals surface area contributed by atoms with Gasteiger partial charge in [0.25, 0.3) is 5.91 Å². The normalized spacial score (nSPS) is 10.8. The van der Waals surface area contributed by atoms with Crippen molar-refractivity contribution in [3.8, 4) is 17.2 Å². The second-order valence-electron chi connectivity index (χ2n) is 6.31. The molecule has 6 heteroatoms. The van der Waals surface area contributed by atoms with Crippen LogP contribution in [-0.4, -0.2) is 17.5 Å². The standard InChI is InChI=1S/C22H17ClN2O3/c1-14-6-7-15(22-25-18-4-2-3-5-20(18)28-22)12-19(14)24-21(26)13-27-17-10-8-16(23)9-11-17/h2-12H,13H2,1H3,(H,24,26). The number of carbonyl (C=O) groups excluding carboxylic acids is 1. The Morgan fingerprint density at radius 1 is 1.11 bits per heavy atom. The highest BCUT2D eigenvalue weighted by Crippen LogP contribution is 2.28. The van der Waals surface area contributed by atoms with Crippen LogP contribution in [0.1, 0.15) is 5.56 Å². The molecule has 4 rings (SSSR count). The number of hydrogen-bond acceptors (Lipinski definition) is 4. The number of para-hydroxylation sites is 2. The van der Waals surface area contributed by atoms with Crippen LogP contribution in [0.25, 0.3) is 22.6 Å². The average Bonchev–Trinajstić information content (AvgIpc) is 3.13. The number of carbonyl (C=O) groups is 1. The number of halogens is 1. The first-order valence-corrected chi connectivity index (χ1v) is 9.11. The highest BCUT2D eigenvalue weighted by molar-refractivity contribution is 6.30. The minimum atomic E-state index is -0.257.